The number of hydrogen-bond donors (Lipinski definition) is 2. The second-order valence-electron chi connectivity index (χ2n) is 5.94. The van der Waals surface area contributed by atoms with E-state index in [1.807, 2.05) is 58.5 Å². The predicted molar refractivity (Wildman–Crippen MR) is 96.9 cm³/mol. The maximum Gasteiger partial charge on any atom is 0.0874 e. The molecule has 0 radical (unpaired) electrons. The molecule has 2 aromatic carbocycles. The van der Waals surface area contributed by atoms with Gasteiger partial charge in [0.15, 0.2) is 0 Å². The van der Waals surface area contributed by atoms with Crippen LogP contribution < -0.4 is 0 Å². The molecular formula is C18H22N6O2. The monoisotopic (exact) mass is 354 g/mol. The van der Waals surface area contributed by atoms with Crippen LogP contribution in [-0.2, 0) is 13.2 Å². The largest absolute Gasteiger partial charge is 0.392 e. The molecule has 2 aromatic rings. The fourth-order valence-electron chi connectivity index (χ4n) is 2.43. The molecule has 1 aliphatic rings. The van der Waals surface area contributed by atoms with E-state index in [0.29, 0.717) is 0 Å². The Hall–Kier alpha value is -2.84. The highest BCUT2D eigenvalue weighted by Crippen LogP contribution is 2.16. The van der Waals surface area contributed by atoms with Crippen LogP contribution in [-0.4, -0.2) is 46.4 Å². The SMILES string of the molecule is OCc1ccc(N=NN2CCN(N=Nc3ccc(CO)cc3)CC2)cc1. The van der Waals surface area contributed by atoms with E-state index in [0.717, 1.165) is 48.7 Å². The lowest BCUT2D eigenvalue weighted by Crippen LogP contribution is -2.40. The Bertz CT molecular complexity index is 672. The summed E-state index contributed by atoms with van der Waals surface area (Å²) >= 11 is 0. The van der Waals surface area contributed by atoms with E-state index < -0.39 is 0 Å². The van der Waals surface area contributed by atoms with Crippen LogP contribution in [0.25, 0.3) is 0 Å². The van der Waals surface area contributed by atoms with E-state index >= 15 is 0 Å². The van der Waals surface area contributed by atoms with Gasteiger partial charge in [-0.05, 0) is 35.4 Å². The molecule has 1 heterocycles. The molecule has 0 saturated carbocycles. The molecule has 1 aliphatic heterocycles. The third-order valence-electron chi connectivity index (χ3n) is 4.04. The average Bonchev–Trinajstić information content (AvgIpc) is 2.72. The zero-order valence-electron chi connectivity index (χ0n) is 14.4. The molecule has 0 aliphatic carbocycles. The van der Waals surface area contributed by atoms with Gasteiger partial charge in [-0.25, -0.2) is 0 Å². The van der Waals surface area contributed by atoms with Crippen LogP contribution in [0.3, 0.4) is 0 Å². The van der Waals surface area contributed by atoms with E-state index in [1.54, 1.807) is 0 Å². The third-order valence-corrected chi connectivity index (χ3v) is 4.04. The van der Waals surface area contributed by atoms with E-state index in [-0.39, 0.29) is 13.2 Å². The number of rotatable bonds is 6. The summed E-state index contributed by atoms with van der Waals surface area (Å²) in [6, 6.07) is 14.7. The quantitative estimate of drug-likeness (QED) is 0.780. The lowest BCUT2D eigenvalue weighted by atomic mass is 10.2. The molecule has 136 valence electrons. The van der Waals surface area contributed by atoms with Crippen molar-refractivity contribution in [3.05, 3.63) is 59.7 Å². The fourth-order valence-corrected chi connectivity index (χ4v) is 2.43. The van der Waals surface area contributed by atoms with Crippen LogP contribution in [0.5, 0.6) is 0 Å². The van der Waals surface area contributed by atoms with Crippen molar-refractivity contribution in [3.63, 3.8) is 0 Å². The number of aliphatic hydroxyl groups is 2. The highest BCUT2D eigenvalue weighted by molar-refractivity contribution is 5.38. The van der Waals surface area contributed by atoms with Gasteiger partial charge >= 0.3 is 0 Å². The van der Waals surface area contributed by atoms with E-state index in [2.05, 4.69) is 20.7 Å². The van der Waals surface area contributed by atoms with Crippen LogP contribution in [0, 0.1) is 0 Å². The van der Waals surface area contributed by atoms with Crippen LogP contribution in [0.1, 0.15) is 11.1 Å². The van der Waals surface area contributed by atoms with Gasteiger partial charge in [0.05, 0.1) is 50.8 Å². The highest BCUT2D eigenvalue weighted by Gasteiger charge is 2.14. The van der Waals surface area contributed by atoms with Crippen molar-refractivity contribution in [2.75, 3.05) is 26.2 Å². The van der Waals surface area contributed by atoms with Gasteiger partial charge in [0.2, 0.25) is 0 Å². The first-order valence-corrected chi connectivity index (χ1v) is 8.49. The van der Waals surface area contributed by atoms with Crippen molar-refractivity contribution in [2.24, 2.45) is 20.7 Å². The molecule has 0 spiro atoms. The summed E-state index contributed by atoms with van der Waals surface area (Å²) in [7, 11) is 0. The van der Waals surface area contributed by atoms with Gasteiger partial charge in [-0.15, -0.1) is 10.2 Å². The Morgan fingerprint density at radius 3 is 1.27 bits per heavy atom. The van der Waals surface area contributed by atoms with E-state index in [1.165, 1.54) is 0 Å². The van der Waals surface area contributed by atoms with Crippen LogP contribution >= 0.6 is 0 Å². The second kappa shape index (κ2) is 9.02. The van der Waals surface area contributed by atoms with Crippen molar-refractivity contribution in [2.45, 2.75) is 13.2 Å². The molecule has 1 fully saturated rings. The lowest BCUT2D eigenvalue weighted by molar-refractivity contribution is 0.126. The van der Waals surface area contributed by atoms with Gasteiger partial charge < -0.3 is 10.2 Å². The number of aliphatic hydroxyl groups excluding tert-OH is 2. The van der Waals surface area contributed by atoms with Crippen molar-refractivity contribution >= 4 is 11.4 Å². The molecule has 3 rings (SSSR count). The molecule has 8 nitrogen and oxygen atoms in total. The molecule has 0 amide bonds. The smallest absolute Gasteiger partial charge is 0.0874 e. The first kappa shape index (κ1) is 18.0. The summed E-state index contributed by atoms with van der Waals surface area (Å²) in [5.41, 5.74) is 3.23. The molecule has 26 heavy (non-hydrogen) atoms. The fraction of sp³-hybridized carbons (Fsp3) is 0.333. The van der Waals surface area contributed by atoms with Gasteiger partial charge in [-0.3, -0.25) is 10.0 Å². The number of benzene rings is 2. The number of hydrogen-bond acceptors (Lipinski definition) is 6. The summed E-state index contributed by atoms with van der Waals surface area (Å²) in [5, 5.41) is 38.8. The summed E-state index contributed by atoms with van der Waals surface area (Å²) in [6.45, 7) is 2.95. The maximum absolute atomic E-state index is 9.03. The minimum Gasteiger partial charge on any atom is -0.392 e. The summed E-state index contributed by atoms with van der Waals surface area (Å²) in [5.74, 6) is 0. The highest BCUT2D eigenvalue weighted by atomic mass is 16.3. The Kier molecular flexibility index (Phi) is 6.24. The van der Waals surface area contributed by atoms with Gasteiger partial charge in [0.25, 0.3) is 0 Å². The van der Waals surface area contributed by atoms with Crippen molar-refractivity contribution in [1.82, 2.24) is 10.0 Å². The van der Waals surface area contributed by atoms with E-state index in [4.69, 9.17) is 10.2 Å². The Morgan fingerprint density at radius 2 is 0.962 bits per heavy atom. The zero-order valence-corrected chi connectivity index (χ0v) is 14.4. The van der Waals surface area contributed by atoms with Gasteiger partial charge in [-0.1, -0.05) is 34.7 Å². The molecule has 0 atom stereocenters. The minimum absolute atomic E-state index is 0.0273. The second-order valence-corrected chi connectivity index (χ2v) is 5.94. The molecule has 1 saturated heterocycles. The molecule has 2 N–H and O–H groups in total. The first-order valence-electron chi connectivity index (χ1n) is 8.49. The Morgan fingerprint density at radius 1 is 0.615 bits per heavy atom. The number of nitrogens with zero attached hydrogens (tertiary/aromatic N) is 6. The van der Waals surface area contributed by atoms with E-state index in [9.17, 15) is 0 Å². The van der Waals surface area contributed by atoms with Crippen LogP contribution in [0.4, 0.5) is 11.4 Å². The molecule has 0 aromatic heterocycles. The summed E-state index contributed by atoms with van der Waals surface area (Å²) in [4.78, 5) is 0. The molecular weight excluding hydrogens is 332 g/mol. The maximum atomic E-state index is 9.03. The molecule has 0 bridgehead atoms. The third kappa shape index (κ3) is 5.08. The lowest BCUT2D eigenvalue weighted by Gasteiger charge is -2.29. The first-order chi connectivity index (χ1) is 12.8. The van der Waals surface area contributed by atoms with Gasteiger partial charge in [0.1, 0.15) is 0 Å². The topological polar surface area (TPSA) is 96.4 Å². The predicted octanol–water partition coefficient (Wildman–Crippen LogP) is 2.99. The average molecular weight is 354 g/mol. The minimum atomic E-state index is 0.0273. The van der Waals surface area contributed by atoms with Crippen molar-refractivity contribution in [1.29, 1.82) is 0 Å². The van der Waals surface area contributed by atoms with Gasteiger partial charge in [0, 0.05) is 0 Å². The van der Waals surface area contributed by atoms with Crippen LogP contribution in [0.15, 0.2) is 69.2 Å². The van der Waals surface area contributed by atoms with Crippen LogP contribution in [0.2, 0.25) is 0 Å². The van der Waals surface area contributed by atoms with Crippen molar-refractivity contribution in [3.8, 4) is 0 Å². The summed E-state index contributed by atoms with van der Waals surface area (Å²) < 4.78 is 0. The molecule has 8 heteroatoms. The van der Waals surface area contributed by atoms with Gasteiger partial charge in [-0.2, -0.15) is 0 Å². The summed E-state index contributed by atoms with van der Waals surface area (Å²) in [6.07, 6.45) is 0. The standard InChI is InChI=1S/C18H22N6O2/c25-13-15-1-5-17(6-2-15)19-21-23-9-11-24(12-10-23)22-20-18-7-3-16(14-26)4-8-18/h1-8,25-26H,9-14H2. The number of piperazine rings is 1. The Labute approximate surface area is 152 Å². The molecule has 0 unspecified atom stereocenters. The Balaban J connectivity index is 1.47. The van der Waals surface area contributed by atoms with Crippen molar-refractivity contribution < 1.29 is 10.2 Å². The normalized spacial score (nSPS) is 15.3. The zero-order chi connectivity index (χ0) is 18.2.